The molecule has 0 heterocycles. The number of aliphatic hydroxyl groups is 1. The maximum atomic E-state index is 15.5. The van der Waals surface area contributed by atoms with E-state index in [1.807, 2.05) is 6.07 Å². The Bertz CT molecular complexity index is 1170. The highest BCUT2D eigenvalue weighted by molar-refractivity contribution is 5.88. The van der Waals surface area contributed by atoms with Crippen molar-refractivity contribution in [2.75, 3.05) is 19.8 Å². The average molecular weight is 653 g/mol. The molecule has 262 valence electrons. The van der Waals surface area contributed by atoms with E-state index < -0.39 is 18.5 Å². The normalized spacial score (nSPS) is 27.1. The quantitative estimate of drug-likeness (QED) is 0.109. The molecule has 3 aliphatic rings. The van der Waals surface area contributed by atoms with Crippen LogP contribution in [0, 0.1) is 35.4 Å². The Hall–Kier alpha value is -2.47. The van der Waals surface area contributed by atoms with Gasteiger partial charge in [0.2, 0.25) is 0 Å². The number of benzene rings is 1. The van der Waals surface area contributed by atoms with Crippen LogP contribution in [0.4, 0.5) is 4.39 Å². The number of rotatable bonds is 16. The summed E-state index contributed by atoms with van der Waals surface area (Å²) in [6.45, 7) is 10.9. The minimum Gasteiger partial charge on any atom is -0.462 e. The Balaban J connectivity index is 1.21. The number of halogens is 1. The SMILES string of the molecule is C=C(C)C(=O)OCC(COC(=O)C(=C)CO)CC1CCC(C2CCC(c3ccc(C4CCC(CCCCC)CC4)cc3F)CC2)CC1. The molecule has 0 amide bonds. The summed E-state index contributed by atoms with van der Waals surface area (Å²) in [4.78, 5) is 24.1. The average Bonchev–Trinajstić information content (AvgIpc) is 3.09. The molecule has 4 rings (SSSR count). The number of carbonyl (C=O) groups is 2. The van der Waals surface area contributed by atoms with E-state index in [-0.39, 0.29) is 30.5 Å². The summed E-state index contributed by atoms with van der Waals surface area (Å²) < 4.78 is 26.3. The molecule has 5 nitrogen and oxygen atoms in total. The first-order valence-electron chi connectivity index (χ1n) is 18.8. The van der Waals surface area contributed by atoms with Crippen molar-refractivity contribution in [3.63, 3.8) is 0 Å². The summed E-state index contributed by atoms with van der Waals surface area (Å²) in [7, 11) is 0. The Morgan fingerprint density at radius 2 is 1.40 bits per heavy atom. The molecule has 0 aliphatic heterocycles. The minimum atomic E-state index is -0.616. The van der Waals surface area contributed by atoms with Crippen molar-refractivity contribution in [3.8, 4) is 0 Å². The van der Waals surface area contributed by atoms with Gasteiger partial charge >= 0.3 is 11.9 Å². The summed E-state index contributed by atoms with van der Waals surface area (Å²) in [6.07, 6.45) is 20.3. The Kier molecular flexibility index (Phi) is 15.0. The molecule has 1 aromatic rings. The first-order chi connectivity index (χ1) is 22.7. The van der Waals surface area contributed by atoms with Crippen LogP contribution in [0.1, 0.15) is 146 Å². The molecule has 3 saturated carbocycles. The fraction of sp³-hybridized carbons (Fsp3) is 0.707. The van der Waals surface area contributed by atoms with Gasteiger partial charge in [-0.05, 0) is 130 Å². The lowest BCUT2D eigenvalue weighted by Gasteiger charge is -2.38. The van der Waals surface area contributed by atoms with E-state index in [0.29, 0.717) is 35.2 Å². The molecule has 0 bridgehead atoms. The first kappa shape index (κ1) is 37.4. The van der Waals surface area contributed by atoms with Crippen molar-refractivity contribution in [1.29, 1.82) is 0 Å². The van der Waals surface area contributed by atoms with Gasteiger partial charge in [0, 0.05) is 11.5 Å². The predicted molar refractivity (Wildman–Crippen MR) is 186 cm³/mol. The fourth-order valence-corrected chi connectivity index (χ4v) is 8.73. The van der Waals surface area contributed by atoms with Crippen LogP contribution in [0.5, 0.6) is 0 Å². The van der Waals surface area contributed by atoms with Crippen molar-refractivity contribution in [1.82, 2.24) is 0 Å². The summed E-state index contributed by atoms with van der Waals surface area (Å²) in [5.74, 6) is 2.48. The van der Waals surface area contributed by atoms with E-state index in [0.717, 1.165) is 43.6 Å². The van der Waals surface area contributed by atoms with Crippen LogP contribution in [0.3, 0.4) is 0 Å². The second kappa shape index (κ2) is 18.9. The monoisotopic (exact) mass is 652 g/mol. The van der Waals surface area contributed by atoms with Crippen LogP contribution in [-0.2, 0) is 19.1 Å². The summed E-state index contributed by atoms with van der Waals surface area (Å²) in [5.41, 5.74) is 2.51. The molecule has 0 radical (unpaired) electrons. The van der Waals surface area contributed by atoms with Gasteiger partial charge in [-0.2, -0.15) is 0 Å². The molecular weight excluding hydrogens is 591 g/mol. The Morgan fingerprint density at radius 1 is 0.830 bits per heavy atom. The van der Waals surface area contributed by atoms with E-state index in [4.69, 9.17) is 9.47 Å². The van der Waals surface area contributed by atoms with Gasteiger partial charge in [-0.3, -0.25) is 0 Å². The third-order valence-corrected chi connectivity index (χ3v) is 11.7. The molecule has 1 aromatic carbocycles. The van der Waals surface area contributed by atoms with Gasteiger partial charge in [-0.15, -0.1) is 0 Å². The summed E-state index contributed by atoms with van der Waals surface area (Å²) in [5, 5.41) is 9.18. The standard InChI is InChI=1S/C41H61FO5/c1-5-6-7-8-30-9-13-35(14-10-30)37-21-22-38(39(42)24-37)36-19-17-34(18-20-36)33-15-11-31(12-16-33)23-32(26-46-40(44)28(2)3)27-47-41(45)29(4)25-43/h21-22,24,30-36,43H,2,4-20,23,25-27H2,1,3H3. The van der Waals surface area contributed by atoms with E-state index in [2.05, 4.69) is 32.2 Å². The molecule has 0 spiro atoms. The first-order valence-corrected chi connectivity index (χ1v) is 18.8. The summed E-state index contributed by atoms with van der Waals surface area (Å²) in [6, 6.07) is 6.24. The number of esters is 2. The zero-order valence-electron chi connectivity index (χ0n) is 29.3. The second-order valence-corrected chi connectivity index (χ2v) is 15.2. The molecule has 3 aliphatic carbocycles. The largest absolute Gasteiger partial charge is 0.462 e. The van der Waals surface area contributed by atoms with Crippen LogP contribution in [0.25, 0.3) is 0 Å². The number of hydrogen-bond acceptors (Lipinski definition) is 5. The zero-order valence-corrected chi connectivity index (χ0v) is 29.3. The van der Waals surface area contributed by atoms with Gasteiger partial charge in [-0.25, -0.2) is 14.0 Å². The maximum Gasteiger partial charge on any atom is 0.335 e. The van der Waals surface area contributed by atoms with Crippen LogP contribution in [0.2, 0.25) is 0 Å². The zero-order chi connectivity index (χ0) is 33.8. The van der Waals surface area contributed by atoms with Gasteiger partial charge in [0.15, 0.2) is 0 Å². The van der Waals surface area contributed by atoms with E-state index >= 15 is 4.39 Å². The highest BCUT2D eigenvalue weighted by atomic mass is 19.1. The number of unbranched alkanes of at least 4 members (excludes halogenated alkanes) is 2. The molecule has 1 unspecified atom stereocenters. The van der Waals surface area contributed by atoms with E-state index in [1.165, 1.54) is 82.6 Å². The maximum absolute atomic E-state index is 15.5. The number of aliphatic hydroxyl groups excluding tert-OH is 1. The van der Waals surface area contributed by atoms with Crippen molar-refractivity contribution >= 4 is 11.9 Å². The van der Waals surface area contributed by atoms with Crippen molar-refractivity contribution in [3.05, 3.63) is 59.4 Å². The van der Waals surface area contributed by atoms with Crippen LogP contribution in [0.15, 0.2) is 42.5 Å². The molecule has 3 fully saturated rings. The van der Waals surface area contributed by atoms with Gasteiger partial charge in [0.05, 0.1) is 25.4 Å². The van der Waals surface area contributed by atoms with Gasteiger partial charge in [0.25, 0.3) is 0 Å². The molecule has 0 saturated heterocycles. The molecule has 0 aromatic heterocycles. The van der Waals surface area contributed by atoms with Gasteiger partial charge in [0.1, 0.15) is 5.82 Å². The molecule has 1 N–H and O–H groups in total. The van der Waals surface area contributed by atoms with Crippen LogP contribution < -0.4 is 0 Å². The van der Waals surface area contributed by atoms with Gasteiger partial charge < -0.3 is 14.6 Å². The van der Waals surface area contributed by atoms with Crippen LogP contribution in [-0.4, -0.2) is 36.9 Å². The fourth-order valence-electron chi connectivity index (χ4n) is 8.73. The molecular formula is C41H61FO5. The number of hydrogen-bond donors (Lipinski definition) is 1. The van der Waals surface area contributed by atoms with Crippen LogP contribution >= 0.6 is 0 Å². The lowest BCUT2D eigenvalue weighted by Crippen LogP contribution is -2.28. The van der Waals surface area contributed by atoms with Crippen molar-refractivity contribution < 1.29 is 28.6 Å². The van der Waals surface area contributed by atoms with E-state index in [1.54, 1.807) is 6.92 Å². The summed E-state index contributed by atoms with van der Waals surface area (Å²) >= 11 is 0. The minimum absolute atomic E-state index is 0.0168. The third-order valence-electron chi connectivity index (χ3n) is 11.7. The Morgan fingerprint density at radius 3 is 1.98 bits per heavy atom. The molecule has 47 heavy (non-hydrogen) atoms. The lowest BCUT2D eigenvalue weighted by molar-refractivity contribution is -0.144. The number of ether oxygens (including phenoxy) is 2. The predicted octanol–water partition coefficient (Wildman–Crippen LogP) is 9.98. The van der Waals surface area contributed by atoms with Crippen molar-refractivity contribution in [2.24, 2.45) is 29.6 Å². The highest BCUT2D eigenvalue weighted by Gasteiger charge is 2.33. The second-order valence-electron chi connectivity index (χ2n) is 15.2. The topological polar surface area (TPSA) is 72.8 Å². The highest BCUT2D eigenvalue weighted by Crippen LogP contribution is 2.46. The van der Waals surface area contributed by atoms with E-state index in [9.17, 15) is 14.7 Å². The lowest BCUT2D eigenvalue weighted by atomic mass is 9.67. The third kappa shape index (κ3) is 11.3. The molecule has 6 heteroatoms. The smallest absolute Gasteiger partial charge is 0.335 e. The number of carbonyl (C=O) groups excluding carboxylic acids is 2. The Labute approximate surface area is 283 Å². The van der Waals surface area contributed by atoms with Gasteiger partial charge in [-0.1, -0.05) is 70.7 Å². The molecule has 1 atom stereocenters. The van der Waals surface area contributed by atoms with Crippen molar-refractivity contribution in [2.45, 2.75) is 135 Å².